The van der Waals surface area contributed by atoms with Gasteiger partial charge in [-0.1, -0.05) is 32.1 Å². The largest absolute Gasteiger partial charge is 0.544 e. The van der Waals surface area contributed by atoms with E-state index in [4.69, 9.17) is 9.16 Å². The lowest BCUT2D eigenvalue weighted by molar-refractivity contribution is 0.324. The molecule has 1 aromatic rings. The molecule has 1 rings (SSSR count). The van der Waals surface area contributed by atoms with Gasteiger partial charge >= 0.3 is 0 Å². The maximum absolute atomic E-state index is 6.00. The number of benzene rings is 1. The zero-order chi connectivity index (χ0) is 14.3. The number of hydrogen-bond acceptors (Lipinski definition) is 2. The fourth-order valence-corrected chi connectivity index (χ4v) is 2.77. The van der Waals surface area contributed by atoms with E-state index in [1.54, 1.807) is 0 Å². The molecule has 3 heteroatoms. The van der Waals surface area contributed by atoms with Crippen LogP contribution in [0.25, 0.3) is 6.08 Å². The Labute approximate surface area is 119 Å². The molecule has 19 heavy (non-hydrogen) atoms. The molecule has 0 radical (unpaired) electrons. The minimum absolute atomic E-state index is 0.662. The van der Waals surface area contributed by atoms with Gasteiger partial charge in [0, 0.05) is 5.56 Å². The van der Waals surface area contributed by atoms with Gasteiger partial charge in [-0.3, -0.25) is 0 Å². The summed E-state index contributed by atoms with van der Waals surface area (Å²) >= 11 is 0. The van der Waals surface area contributed by atoms with Gasteiger partial charge in [-0.05, 0) is 44.5 Å². The summed E-state index contributed by atoms with van der Waals surface area (Å²) < 4.78 is 11.9. The summed E-state index contributed by atoms with van der Waals surface area (Å²) in [7, 11) is -1.13. The minimum atomic E-state index is -1.13. The minimum Gasteiger partial charge on any atom is -0.544 e. The van der Waals surface area contributed by atoms with Crippen molar-refractivity contribution in [3.05, 3.63) is 29.8 Å². The van der Waals surface area contributed by atoms with Gasteiger partial charge < -0.3 is 9.16 Å². The molecule has 0 aromatic heterocycles. The van der Waals surface area contributed by atoms with Crippen molar-refractivity contribution in [2.75, 3.05) is 6.61 Å². The topological polar surface area (TPSA) is 18.5 Å². The first-order valence-corrected chi connectivity index (χ1v) is 9.99. The van der Waals surface area contributed by atoms with Gasteiger partial charge in [0.25, 0.3) is 0 Å². The summed E-state index contributed by atoms with van der Waals surface area (Å²) in [6.45, 7) is 13.1. The van der Waals surface area contributed by atoms with Crippen LogP contribution in [0.4, 0.5) is 0 Å². The van der Waals surface area contributed by atoms with Gasteiger partial charge in [-0.25, -0.2) is 0 Å². The Morgan fingerprint density at radius 2 is 2.00 bits per heavy atom. The second-order valence-corrected chi connectivity index (χ2v) is 7.20. The van der Waals surface area contributed by atoms with Gasteiger partial charge in [-0.2, -0.15) is 0 Å². The molecule has 0 saturated heterocycles. The van der Waals surface area contributed by atoms with Crippen molar-refractivity contribution in [2.45, 2.75) is 46.2 Å². The molecule has 0 spiro atoms. The van der Waals surface area contributed by atoms with Crippen molar-refractivity contribution in [3.8, 4) is 11.5 Å². The van der Waals surface area contributed by atoms with Crippen LogP contribution < -0.4 is 9.16 Å². The van der Waals surface area contributed by atoms with Crippen LogP contribution in [-0.2, 0) is 6.42 Å². The van der Waals surface area contributed by atoms with E-state index in [2.05, 4.69) is 32.7 Å². The van der Waals surface area contributed by atoms with Gasteiger partial charge in [0.15, 0.2) is 5.75 Å². The Morgan fingerprint density at radius 1 is 1.26 bits per heavy atom. The predicted octanol–water partition coefficient (Wildman–Crippen LogP) is 4.43. The third kappa shape index (κ3) is 4.42. The highest BCUT2D eigenvalue weighted by Crippen LogP contribution is 2.36. The molecule has 0 bridgehead atoms. The Kier molecular flexibility index (Phi) is 6.71. The molecule has 0 N–H and O–H groups in total. The number of ether oxygens (including phenoxy) is 1. The lowest BCUT2D eigenvalue weighted by Crippen LogP contribution is -2.13. The van der Waals surface area contributed by atoms with Crippen LogP contribution in [0, 0.1) is 0 Å². The monoisotopic (exact) mass is 278 g/mol. The van der Waals surface area contributed by atoms with Crippen LogP contribution in [0.2, 0.25) is 13.1 Å². The number of rotatable bonds is 8. The van der Waals surface area contributed by atoms with Crippen molar-refractivity contribution in [1.82, 2.24) is 0 Å². The number of hydrogen-bond donors (Lipinski definition) is 0. The first-order chi connectivity index (χ1) is 9.13. The quantitative estimate of drug-likeness (QED) is 0.655. The van der Waals surface area contributed by atoms with E-state index < -0.39 is 9.04 Å². The highest BCUT2D eigenvalue weighted by molar-refractivity contribution is 6.49. The van der Waals surface area contributed by atoms with Gasteiger partial charge in [0.05, 0.1) is 6.61 Å². The Bertz CT molecular complexity index is 413. The van der Waals surface area contributed by atoms with Crippen molar-refractivity contribution in [3.63, 3.8) is 0 Å². The van der Waals surface area contributed by atoms with Crippen LogP contribution in [-0.4, -0.2) is 15.6 Å². The molecular weight excluding hydrogens is 252 g/mol. The lowest BCUT2D eigenvalue weighted by atomic mass is 10.00. The average Bonchev–Trinajstić information content (AvgIpc) is 2.38. The zero-order valence-corrected chi connectivity index (χ0v) is 13.8. The summed E-state index contributed by atoms with van der Waals surface area (Å²) in [5.41, 5.74) is 2.40. The summed E-state index contributed by atoms with van der Waals surface area (Å²) in [5, 5.41) is 0. The molecule has 0 atom stereocenters. The molecule has 0 aliphatic carbocycles. The summed E-state index contributed by atoms with van der Waals surface area (Å²) in [4.78, 5) is 0. The fourth-order valence-electron chi connectivity index (χ4n) is 2.07. The van der Waals surface area contributed by atoms with E-state index in [0.29, 0.717) is 6.61 Å². The van der Waals surface area contributed by atoms with Crippen LogP contribution in [0.15, 0.2) is 18.7 Å². The van der Waals surface area contributed by atoms with Crippen molar-refractivity contribution in [1.29, 1.82) is 0 Å². The summed E-state index contributed by atoms with van der Waals surface area (Å²) in [6.07, 6.45) is 5.25. The van der Waals surface area contributed by atoms with Crippen LogP contribution >= 0.6 is 0 Å². The third-order valence-electron chi connectivity index (χ3n) is 2.91. The Hall–Kier alpha value is -1.22. The van der Waals surface area contributed by atoms with E-state index in [1.165, 1.54) is 12.0 Å². The maximum atomic E-state index is 6.00. The Balaban J connectivity index is 3.21. The van der Waals surface area contributed by atoms with E-state index >= 15 is 0 Å². The van der Waals surface area contributed by atoms with E-state index in [0.717, 1.165) is 29.9 Å². The average molecular weight is 278 g/mol. The predicted molar refractivity (Wildman–Crippen MR) is 85.8 cm³/mol. The second kappa shape index (κ2) is 8.05. The highest BCUT2D eigenvalue weighted by Gasteiger charge is 2.15. The number of unbranched alkanes of at least 4 members (excludes halogenated alkanes) is 1. The molecule has 0 fully saturated rings. The standard InChI is InChI=1S/C16H26O2Si/c1-6-9-10-14-13(7-2)11-12-15(18-19(4)5)16(14)17-8-3/h7,11-12,19H,2,6,8-10H2,1,3-5H3. The molecule has 0 unspecified atom stereocenters. The molecule has 0 amide bonds. The molecule has 1 aromatic carbocycles. The molecule has 106 valence electrons. The lowest BCUT2D eigenvalue weighted by Gasteiger charge is -2.19. The maximum Gasteiger partial charge on any atom is 0.229 e. The van der Waals surface area contributed by atoms with Crippen LogP contribution in [0.3, 0.4) is 0 Å². The molecule has 0 heterocycles. The van der Waals surface area contributed by atoms with E-state index in [1.807, 2.05) is 19.1 Å². The third-order valence-corrected chi connectivity index (χ3v) is 3.64. The van der Waals surface area contributed by atoms with Crippen molar-refractivity contribution >= 4 is 15.1 Å². The molecular formula is C16H26O2Si. The molecule has 0 aliphatic rings. The smallest absolute Gasteiger partial charge is 0.229 e. The Morgan fingerprint density at radius 3 is 2.53 bits per heavy atom. The van der Waals surface area contributed by atoms with E-state index in [-0.39, 0.29) is 0 Å². The zero-order valence-electron chi connectivity index (χ0n) is 12.7. The highest BCUT2D eigenvalue weighted by atomic mass is 28.3. The SMILES string of the molecule is C=Cc1ccc(O[SiH](C)C)c(OCC)c1CCCC. The van der Waals surface area contributed by atoms with Crippen molar-refractivity contribution < 1.29 is 9.16 Å². The molecule has 0 aliphatic heterocycles. The van der Waals surface area contributed by atoms with E-state index in [9.17, 15) is 0 Å². The fraction of sp³-hybridized carbons (Fsp3) is 0.500. The van der Waals surface area contributed by atoms with Gasteiger partial charge in [0.2, 0.25) is 9.04 Å². The molecule has 2 nitrogen and oxygen atoms in total. The molecule has 0 saturated carbocycles. The normalized spacial score (nSPS) is 10.6. The van der Waals surface area contributed by atoms with Crippen molar-refractivity contribution in [2.24, 2.45) is 0 Å². The summed E-state index contributed by atoms with van der Waals surface area (Å²) in [5.74, 6) is 1.83. The first-order valence-electron chi connectivity index (χ1n) is 7.21. The van der Waals surface area contributed by atoms with Gasteiger partial charge in [0.1, 0.15) is 5.75 Å². The first kappa shape index (κ1) is 15.8. The van der Waals surface area contributed by atoms with Gasteiger partial charge in [-0.15, -0.1) is 0 Å². The second-order valence-electron chi connectivity index (χ2n) is 4.87. The summed E-state index contributed by atoms with van der Waals surface area (Å²) in [6, 6.07) is 4.11. The van der Waals surface area contributed by atoms with Crippen LogP contribution in [0.5, 0.6) is 11.5 Å². The van der Waals surface area contributed by atoms with Crippen LogP contribution in [0.1, 0.15) is 37.8 Å².